The van der Waals surface area contributed by atoms with Crippen molar-refractivity contribution in [2.24, 2.45) is 5.41 Å². The van der Waals surface area contributed by atoms with Gasteiger partial charge < -0.3 is 19.5 Å². The minimum absolute atomic E-state index is 0.0557. The predicted molar refractivity (Wildman–Crippen MR) is 104 cm³/mol. The molecule has 1 aliphatic rings. The maximum atomic E-state index is 12.8. The highest BCUT2D eigenvalue weighted by Gasteiger charge is 2.40. The summed E-state index contributed by atoms with van der Waals surface area (Å²) in [6, 6.07) is 4.18. The summed E-state index contributed by atoms with van der Waals surface area (Å²) in [5, 5.41) is 1.12. The molecule has 6 heteroatoms. The first-order chi connectivity index (χ1) is 12.1. The molecule has 0 bridgehead atoms. The third-order valence-corrected chi connectivity index (χ3v) is 4.79. The zero-order chi connectivity index (χ0) is 19.1. The Morgan fingerprint density at radius 3 is 2.58 bits per heavy atom. The summed E-state index contributed by atoms with van der Waals surface area (Å²) in [6.07, 6.45) is 3.53. The Kier molecular flexibility index (Phi) is 4.63. The highest BCUT2D eigenvalue weighted by Crippen LogP contribution is 2.33. The Labute approximate surface area is 155 Å². The summed E-state index contributed by atoms with van der Waals surface area (Å²) in [7, 11) is 0. The van der Waals surface area contributed by atoms with Crippen molar-refractivity contribution in [3.63, 3.8) is 0 Å². The number of H-pyrrole nitrogens is 1. The van der Waals surface area contributed by atoms with Gasteiger partial charge in [0.2, 0.25) is 0 Å². The first-order valence-electron chi connectivity index (χ1n) is 9.23. The Hall–Kier alpha value is -2.24. The van der Waals surface area contributed by atoms with Crippen LogP contribution in [0.4, 0.5) is 10.5 Å². The van der Waals surface area contributed by atoms with Crippen LogP contribution in [0.1, 0.15) is 41.5 Å². The number of hydrogen-bond acceptors (Lipinski definition) is 4. The van der Waals surface area contributed by atoms with Crippen molar-refractivity contribution in [2.45, 2.75) is 53.2 Å². The summed E-state index contributed by atoms with van der Waals surface area (Å²) >= 11 is 0. The molecule has 1 saturated heterocycles. The lowest BCUT2D eigenvalue weighted by atomic mass is 9.84. The smallest absolute Gasteiger partial charge is 0.410 e. The number of nitrogens with zero attached hydrogens (tertiary/aromatic N) is 3. The maximum absolute atomic E-state index is 12.8. The Morgan fingerprint density at radius 1 is 1.19 bits per heavy atom. The van der Waals surface area contributed by atoms with Gasteiger partial charge in [0.1, 0.15) is 11.2 Å². The molecule has 1 aliphatic heterocycles. The number of ether oxygens (including phenoxy) is 1. The van der Waals surface area contributed by atoms with E-state index in [4.69, 9.17) is 4.74 Å². The summed E-state index contributed by atoms with van der Waals surface area (Å²) in [4.78, 5) is 24.6. The lowest BCUT2D eigenvalue weighted by Gasteiger charge is -2.47. The number of rotatable bonds is 1. The Morgan fingerprint density at radius 2 is 1.92 bits per heavy atom. The van der Waals surface area contributed by atoms with Gasteiger partial charge in [0.15, 0.2) is 0 Å². The molecule has 1 atom stereocenters. The Balaban J connectivity index is 1.87. The molecule has 6 nitrogen and oxygen atoms in total. The zero-order valence-corrected chi connectivity index (χ0v) is 16.7. The zero-order valence-electron chi connectivity index (χ0n) is 16.7. The lowest BCUT2D eigenvalue weighted by molar-refractivity contribution is -0.000609. The van der Waals surface area contributed by atoms with Crippen LogP contribution < -0.4 is 4.90 Å². The van der Waals surface area contributed by atoms with Crippen LogP contribution in [-0.2, 0) is 4.74 Å². The van der Waals surface area contributed by atoms with Gasteiger partial charge in [-0.1, -0.05) is 20.8 Å². The van der Waals surface area contributed by atoms with E-state index in [0.29, 0.717) is 6.54 Å². The van der Waals surface area contributed by atoms with Crippen LogP contribution in [0.5, 0.6) is 0 Å². The van der Waals surface area contributed by atoms with Gasteiger partial charge in [-0.05, 0) is 38.3 Å². The SMILES string of the molecule is CC(C)(C)OC(=O)N1CCN(c2ccnc3[nH]ccc23)CC1C(C)(C)C. The monoisotopic (exact) mass is 358 g/mol. The van der Waals surface area contributed by atoms with E-state index in [9.17, 15) is 4.79 Å². The number of carbonyl (C=O) groups is 1. The number of anilines is 1. The van der Waals surface area contributed by atoms with Crippen LogP contribution in [0, 0.1) is 5.41 Å². The minimum atomic E-state index is -0.487. The van der Waals surface area contributed by atoms with Crippen molar-refractivity contribution in [3.8, 4) is 0 Å². The molecule has 0 radical (unpaired) electrons. The lowest BCUT2D eigenvalue weighted by Crippen LogP contribution is -2.60. The first kappa shape index (κ1) is 18.5. The molecule has 3 rings (SSSR count). The average Bonchev–Trinajstić information content (AvgIpc) is 3.00. The molecular formula is C20H30N4O2. The summed E-state index contributed by atoms with van der Waals surface area (Å²) in [5.74, 6) is 0. The molecule has 2 aromatic rings. The molecule has 142 valence electrons. The number of pyridine rings is 1. The number of aromatic amines is 1. The first-order valence-corrected chi connectivity index (χ1v) is 9.23. The highest BCUT2D eigenvalue weighted by molar-refractivity contribution is 5.89. The van der Waals surface area contributed by atoms with E-state index in [1.165, 1.54) is 0 Å². The number of aromatic nitrogens is 2. The second kappa shape index (κ2) is 6.49. The van der Waals surface area contributed by atoms with Gasteiger partial charge in [0, 0.05) is 43.1 Å². The molecule has 1 fully saturated rings. The highest BCUT2D eigenvalue weighted by atomic mass is 16.6. The fourth-order valence-corrected chi connectivity index (χ4v) is 3.50. The van der Waals surface area contributed by atoms with E-state index in [-0.39, 0.29) is 17.6 Å². The van der Waals surface area contributed by atoms with Gasteiger partial charge in [0.05, 0.1) is 6.04 Å². The van der Waals surface area contributed by atoms with Crippen molar-refractivity contribution in [3.05, 3.63) is 24.5 Å². The van der Waals surface area contributed by atoms with Gasteiger partial charge >= 0.3 is 6.09 Å². The fourth-order valence-electron chi connectivity index (χ4n) is 3.50. The van der Waals surface area contributed by atoms with Crippen LogP contribution in [-0.4, -0.2) is 52.2 Å². The van der Waals surface area contributed by atoms with Gasteiger partial charge in [0.25, 0.3) is 0 Å². The third-order valence-electron chi connectivity index (χ3n) is 4.79. The predicted octanol–water partition coefficient (Wildman–Crippen LogP) is 4.03. The number of carbonyl (C=O) groups excluding carboxylic acids is 1. The third kappa shape index (κ3) is 3.79. The molecule has 1 amide bonds. The largest absolute Gasteiger partial charge is 0.444 e. The summed E-state index contributed by atoms with van der Waals surface area (Å²) in [6.45, 7) is 14.5. The average molecular weight is 358 g/mol. The van der Waals surface area contributed by atoms with Crippen LogP contribution >= 0.6 is 0 Å². The van der Waals surface area contributed by atoms with Gasteiger partial charge in [-0.25, -0.2) is 9.78 Å². The molecule has 3 heterocycles. The maximum Gasteiger partial charge on any atom is 0.410 e. The number of nitrogens with one attached hydrogen (secondary N) is 1. The van der Waals surface area contributed by atoms with Crippen LogP contribution in [0.2, 0.25) is 0 Å². The van der Waals surface area contributed by atoms with E-state index in [0.717, 1.165) is 29.8 Å². The van der Waals surface area contributed by atoms with Crippen LogP contribution in [0.3, 0.4) is 0 Å². The number of amides is 1. The molecule has 1 N–H and O–H groups in total. The van der Waals surface area contributed by atoms with Gasteiger partial charge in [-0.2, -0.15) is 0 Å². The quantitative estimate of drug-likeness (QED) is 0.836. The summed E-state index contributed by atoms with van der Waals surface area (Å²) in [5.41, 5.74) is 1.51. The van der Waals surface area contributed by atoms with Crippen molar-refractivity contribution >= 4 is 22.8 Å². The van der Waals surface area contributed by atoms with Crippen molar-refractivity contribution < 1.29 is 9.53 Å². The topological polar surface area (TPSA) is 61.5 Å². The molecule has 0 aliphatic carbocycles. The van der Waals surface area contributed by atoms with E-state index in [1.54, 1.807) is 0 Å². The molecule has 0 spiro atoms. The standard InChI is InChI=1S/C20H30N4O2/c1-19(2,3)16-13-23(11-12-24(16)18(25)26-20(4,5)6)15-8-10-22-17-14(15)7-9-21-17/h7-10,16H,11-13H2,1-6H3,(H,21,22). The second-order valence-electron chi connectivity index (χ2n) is 9.07. The van der Waals surface area contributed by atoms with Gasteiger partial charge in [-0.3, -0.25) is 0 Å². The van der Waals surface area contributed by atoms with Crippen LogP contribution in [0.15, 0.2) is 24.5 Å². The fraction of sp³-hybridized carbons (Fsp3) is 0.600. The van der Waals surface area contributed by atoms with Crippen LogP contribution in [0.25, 0.3) is 11.0 Å². The molecule has 1 unspecified atom stereocenters. The summed E-state index contributed by atoms with van der Waals surface area (Å²) < 4.78 is 5.65. The number of hydrogen-bond donors (Lipinski definition) is 1. The van der Waals surface area contributed by atoms with Crippen molar-refractivity contribution in [1.82, 2.24) is 14.9 Å². The van der Waals surface area contributed by atoms with Crippen molar-refractivity contribution in [1.29, 1.82) is 0 Å². The molecule has 0 saturated carbocycles. The molecule has 2 aromatic heterocycles. The molecular weight excluding hydrogens is 328 g/mol. The Bertz CT molecular complexity index is 785. The molecule has 26 heavy (non-hydrogen) atoms. The van der Waals surface area contributed by atoms with E-state index >= 15 is 0 Å². The number of fused-ring (bicyclic) bond motifs is 1. The minimum Gasteiger partial charge on any atom is -0.444 e. The van der Waals surface area contributed by atoms with Gasteiger partial charge in [-0.15, -0.1) is 0 Å². The molecule has 0 aromatic carbocycles. The van der Waals surface area contributed by atoms with E-state index in [1.807, 2.05) is 38.1 Å². The van der Waals surface area contributed by atoms with Crippen molar-refractivity contribution in [2.75, 3.05) is 24.5 Å². The number of piperazine rings is 1. The second-order valence-corrected chi connectivity index (χ2v) is 9.07. The van der Waals surface area contributed by atoms with E-state index in [2.05, 4.69) is 47.8 Å². The normalized spacial score (nSPS) is 19.1. The van der Waals surface area contributed by atoms with E-state index < -0.39 is 5.60 Å².